The van der Waals surface area contributed by atoms with Gasteiger partial charge in [-0.3, -0.25) is 43.9 Å². The van der Waals surface area contributed by atoms with Gasteiger partial charge in [-0.25, -0.2) is 4.98 Å². The summed E-state index contributed by atoms with van der Waals surface area (Å²) < 4.78 is 7.25. The summed E-state index contributed by atoms with van der Waals surface area (Å²) >= 11 is 6.60. The number of hydrogen-bond acceptors (Lipinski definition) is 13. The Hall–Kier alpha value is -6.07. The summed E-state index contributed by atoms with van der Waals surface area (Å²) in [6.45, 7) is 9.59. The van der Waals surface area contributed by atoms with Crippen molar-refractivity contribution in [2.75, 3.05) is 74.6 Å². The van der Waals surface area contributed by atoms with E-state index in [1.54, 1.807) is 29.0 Å². The van der Waals surface area contributed by atoms with Crippen LogP contribution in [0.3, 0.4) is 0 Å². The topological polar surface area (TPSA) is 191 Å². The van der Waals surface area contributed by atoms with Gasteiger partial charge in [0.05, 0.1) is 22.8 Å². The van der Waals surface area contributed by atoms with Crippen molar-refractivity contribution < 1.29 is 28.7 Å². The second-order valence-corrected chi connectivity index (χ2v) is 16.8. The lowest BCUT2D eigenvalue weighted by Crippen LogP contribution is -2.54. The van der Waals surface area contributed by atoms with Crippen LogP contribution in [-0.4, -0.2) is 119 Å². The van der Waals surface area contributed by atoms with E-state index >= 15 is 0 Å². The zero-order valence-electron chi connectivity index (χ0n) is 33.4. The molecule has 4 aromatic rings. The number of amides is 5. The molecule has 3 N–H and O–H groups in total. The number of piperidine rings is 2. The molecule has 3 unspecified atom stereocenters. The molecule has 1 saturated carbocycles. The molecule has 3 saturated heterocycles. The highest BCUT2D eigenvalue weighted by atomic mass is 35.5. The van der Waals surface area contributed by atoms with Crippen LogP contribution < -0.4 is 36.0 Å². The normalized spacial score (nSPS) is 22.6. The molecule has 2 aromatic carbocycles. The number of aromatic nitrogens is 3. The van der Waals surface area contributed by atoms with Crippen LogP contribution in [0.5, 0.6) is 5.75 Å². The third kappa shape index (κ3) is 7.18. The molecule has 5 amide bonds. The predicted molar refractivity (Wildman–Crippen MR) is 223 cm³/mol. The lowest BCUT2D eigenvalue weighted by molar-refractivity contribution is -0.136. The molecule has 0 radical (unpaired) electrons. The summed E-state index contributed by atoms with van der Waals surface area (Å²) in [5, 5.41) is 9.19. The SMILES string of the molecule is CNC(=O)COc1cc2cc(Nc3nc(N4CC5C(CN6CCN(c7ccc8c(c7)C(=O)N(C7CCC(=O)NC7=O)C8=O)CC6)C5C4)ncc3Cl)ccc2n(C(C)C)c1=O. The molecule has 9 rings (SSSR count). The van der Waals surface area contributed by atoms with Crippen LogP contribution in [-0.2, 0) is 14.4 Å². The van der Waals surface area contributed by atoms with E-state index in [-0.39, 0.29) is 48.3 Å². The van der Waals surface area contributed by atoms with Gasteiger partial charge in [0.2, 0.25) is 17.8 Å². The average Bonchev–Trinajstić information content (AvgIpc) is 3.53. The molecule has 0 spiro atoms. The number of fused-ring (bicyclic) bond motifs is 3. The van der Waals surface area contributed by atoms with Gasteiger partial charge in [0.15, 0.2) is 18.2 Å². The molecular formula is C42H45ClN10O7. The van der Waals surface area contributed by atoms with Crippen LogP contribution in [0.25, 0.3) is 10.9 Å². The Balaban J connectivity index is 0.795. The molecule has 0 bridgehead atoms. The third-order valence-corrected chi connectivity index (χ3v) is 12.7. The Bertz CT molecular complexity index is 2510. The maximum absolute atomic E-state index is 13.4. The number of piperazine rings is 1. The number of rotatable bonds is 11. The first-order chi connectivity index (χ1) is 28.9. The molecule has 60 heavy (non-hydrogen) atoms. The Kier molecular flexibility index (Phi) is 10.2. The molecule has 18 heteroatoms. The molecular weight excluding hydrogens is 792 g/mol. The molecule has 2 aromatic heterocycles. The zero-order chi connectivity index (χ0) is 42.0. The first-order valence-electron chi connectivity index (χ1n) is 20.3. The van der Waals surface area contributed by atoms with Gasteiger partial charge in [0.1, 0.15) is 11.1 Å². The van der Waals surface area contributed by atoms with Gasteiger partial charge in [-0.05, 0) is 80.5 Å². The molecule has 1 aliphatic carbocycles. The van der Waals surface area contributed by atoms with Gasteiger partial charge in [0.25, 0.3) is 23.3 Å². The standard InChI is InChI=1S/C42H45ClN10O7/c1-22(2)52-32-7-4-24(14-23(32)15-34(41(52)59)60-21-36(55)44-3)46-37-31(43)17-45-42(48-37)51-19-29-28(30(29)20-51)18-49-10-12-50(13-11-49)25-5-6-26-27(16-25)40(58)53(39(26)57)33-8-9-35(54)47-38(33)56/h4-7,14-17,22,28-30,33H,8-13,18-21H2,1-3H3,(H,44,55)(H,45,46,48)(H,47,54,56). The van der Waals surface area contributed by atoms with E-state index in [9.17, 15) is 28.8 Å². The maximum Gasteiger partial charge on any atom is 0.293 e. The minimum Gasteiger partial charge on any atom is -0.478 e. The number of ether oxygens (including phenoxy) is 1. The summed E-state index contributed by atoms with van der Waals surface area (Å²) in [7, 11) is 1.51. The van der Waals surface area contributed by atoms with Crippen LogP contribution in [0.1, 0.15) is 53.4 Å². The number of carbonyl (C=O) groups excluding carboxylic acids is 5. The van der Waals surface area contributed by atoms with Crippen LogP contribution in [0, 0.1) is 17.8 Å². The molecule has 5 aliphatic rings. The summed E-state index contributed by atoms with van der Waals surface area (Å²) in [6.07, 6.45) is 1.82. The van der Waals surface area contributed by atoms with Gasteiger partial charge >= 0.3 is 0 Å². The van der Waals surface area contributed by atoms with Gasteiger partial charge in [-0.2, -0.15) is 4.98 Å². The number of benzene rings is 2. The number of nitrogens with zero attached hydrogens (tertiary/aromatic N) is 7. The van der Waals surface area contributed by atoms with Crippen LogP contribution >= 0.6 is 11.6 Å². The van der Waals surface area contributed by atoms with E-state index in [0.29, 0.717) is 45.8 Å². The van der Waals surface area contributed by atoms with Gasteiger partial charge in [0, 0.05) is 82.1 Å². The third-order valence-electron chi connectivity index (χ3n) is 12.4. The van der Waals surface area contributed by atoms with Gasteiger partial charge < -0.3 is 29.7 Å². The minimum atomic E-state index is -0.986. The Morgan fingerprint density at radius 2 is 1.70 bits per heavy atom. The molecule has 3 atom stereocenters. The molecule has 4 aliphatic heterocycles. The first kappa shape index (κ1) is 39.4. The number of nitrogens with one attached hydrogen (secondary N) is 3. The molecule has 312 valence electrons. The van der Waals surface area contributed by atoms with Crippen molar-refractivity contribution in [2.24, 2.45) is 17.8 Å². The van der Waals surface area contributed by atoms with E-state index < -0.39 is 29.7 Å². The second-order valence-electron chi connectivity index (χ2n) is 16.4. The van der Waals surface area contributed by atoms with Crippen LogP contribution in [0.4, 0.5) is 23.1 Å². The Labute approximate surface area is 350 Å². The van der Waals surface area contributed by atoms with Crippen molar-refractivity contribution in [3.05, 3.63) is 75.2 Å². The van der Waals surface area contributed by atoms with Crippen molar-refractivity contribution in [2.45, 2.75) is 38.8 Å². The number of anilines is 4. The smallest absolute Gasteiger partial charge is 0.293 e. The van der Waals surface area contributed by atoms with Gasteiger partial charge in [-0.15, -0.1) is 0 Å². The maximum atomic E-state index is 13.4. The average molecular weight is 837 g/mol. The number of imide groups is 2. The van der Waals surface area contributed by atoms with Crippen molar-refractivity contribution in [1.82, 2.24) is 35.0 Å². The minimum absolute atomic E-state index is 0.0820. The highest BCUT2D eigenvalue weighted by molar-refractivity contribution is 6.33. The van der Waals surface area contributed by atoms with Crippen molar-refractivity contribution in [3.8, 4) is 5.75 Å². The Morgan fingerprint density at radius 1 is 0.950 bits per heavy atom. The fourth-order valence-electron chi connectivity index (χ4n) is 9.19. The van der Waals surface area contributed by atoms with E-state index in [1.807, 2.05) is 38.1 Å². The lowest BCUT2D eigenvalue weighted by atomic mass is 10.0. The van der Waals surface area contributed by atoms with Crippen molar-refractivity contribution in [3.63, 3.8) is 0 Å². The summed E-state index contributed by atoms with van der Waals surface area (Å²) in [5.41, 5.74) is 2.57. The number of hydrogen-bond donors (Lipinski definition) is 3. The van der Waals surface area contributed by atoms with Crippen molar-refractivity contribution in [1.29, 1.82) is 0 Å². The predicted octanol–water partition coefficient (Wildman–Crippen LogP) is 2.80. The summed E-state index contributed by atoms with van der Waals surface area (Å²) in [4.78, 5) is 93.0. The Morgan fingerprint density at radius 3 is 2.42 bits per heavy atom. The number of halogens is 1. The lowest BCUT2D eigenvalue weighted by Gasteiger charge is -2.36. The fourth-order valence-corrected chi connectivity index (χ4v) is 9.33. The summed E-state index contributed by atoms with van der Waals surface area (Å²) in [6, 6.07) is 11.4. The highest BCUT2D eigenvalue weighted by Gasteiger charge is 2.56. The van der Waals surface area contributed by atoms with Gasteiger partial charge in [-0.1, -0.05) is 11.6 Å². The quantitative estimate of drug-likeness (QED) is 0.187. The molecule has 17 nitrogen and oxygen atoms in total. The molecule has 4 fully saturated rings. The number of likely N-dealkylation sites (N-methyl/N-ethyl adjacent to an activating group) is 1. The largest absolute Gasteiger partial charge is 0.478 e. The number of pyridine rings is 1. The first-order valence-corrected chi connectivity index (χ1v) is 20.7. The van der Waals surface area contributed by atoms with E-state index in [1.165, 1.54) is 7.05 Å². The highest BCUT2D eigenvalue weighted by Crippen LogP contribution is 2.52. The van der Waals surface area contributed by atoms with E-state index in [2.05, 4.69) is 35.6 Å². The van der Waals surface area contributed by atoms with Crippen LogP contribution in [0.15, 0.2) is 53.5 Å². The summed E-state index contributed by atoms with van der Waals surface area (Å²) in [5.74, 6) is 0.490. The van der Waals surface area contributed by atoms with E-state index in [0.717, 1.165) is 67.3 Å². The monoisotopic (exact) mass is 836 g/mol. The van der Waals surface area contributed by atoms with E-state index in [4.69, 9.17) is 21.3 Å². The second kappa shape index (κ2) is 15.5. The molecule has 6 heterocycles. The number of carbonyl (C=O) groups is 5. The zero-order valence-corrected chi connectivity index (χ0v) is 34.2. The van der Waals surface area contributed by atoms with Crippen LogP contribution in [0.2, 0.25) is 5.02 Å². The fraction of sp³-hybridized carbons (Fsp3) is 0.429. The van der Waals surface area contributed by atoms with Crippen molar-refractivity contribution >= 4 is 75.2 Å².